The number of thiazole rings is 1. The average Bonchev–Trinajstić information content (AvgIpc) is 3.47. The molecule has 0 aliphatic carbocycles. The maximum Gasteiger partial charge on any atom is 0.357 e. The topological polar surface area (TPSA) is 83.0 Å². The monoisotopic (exact) mass is 426 g/mol. The van der Waals surface area contributed by atoms with E-state index in [9.17, 15) is 4.79 Å². The van der Waals surface area contributed by atoms with E-state index >= 15 is 0 Å². The normalized spacial score (nSPS) is 11.0. The Morgan fingerprint density at radius 1 is 1.24 bits per heavy atom. The zero-order valence-corrected chi connectivity index (χ0v) is 17.5. The Balaban J connectivity index is 1.63. The standard InChI is InChI=1S/C20H18N4O3S2/c1-3-26-19(25)14-11-28-17(21-14)12-29-20-23-22-18(16-9-6-10-27-16)24(20)15-8-5-4-7-13(15)2/h4-11H,3,12H2,1-2H3. The highest BCUT2D eigenvalue weighted by molar-refractivity contribution is 7.98. The number of carbonyl (C=O) groups excluding carboxylic acids is 1. The molecule has 0 saturated heterocycles. The van der Waals surface area contributed by atoms with E-state index in [2.05, 4.69) is 15.2 Å². The lowest BCUT2D eigenvalue weighted by molar-refractivity contribution is 0.0520. The van der Waals surface area contributed by atoms with Crippen molar-refractivity contribution < 1.29 is 13.9 Å². The second kappa shape index (κ2) is 8.62. The number of carbonyl (C=O) groups is 1. The lowest BCUT2D eigenvalue weighted by Gasteiger charge is -2.11. The fourth-order valence-electron chi connectivity index (χ4n) is 2.76. The summed E-state index contributed by atoms with van der Waals surface area (Å²) in [7, 11) is 0. The van der Waals surface area contributed by atoms with Crippen LogP contribution < -0.4 is 0 Å². The van der Waals surface area contributed by atoms with Crippen LogP contribution >= 0.6 is 23.1 Å². The number of benzene rings is 1. The Bertz CT molecular complexity index is 1120. The summed E-state index contributed by atoms with van der Waals surface area (Å²) in [6.07, 6.45) is 1.62. The predicted molar refractivity (Wildman–Crippen MR) is 111 cm³/mol. The number of aryl methyl sites for hydroxylation is 1. The Hall–Kier alpha value is -2.91. The number of rotatable bonds is 7. The molecule has 0 saturated carbocycles. The summed E-state index contributed by atoms with van der Waals surface area (Å²) in [5, 5.41) is 12.0. The number of ether oxygens (including phenoxy) is 1. The highest BCUT2D eigenvalue weighted by Crippen LogP contribution is 2.31. The van der Waals surface area contributed by atoms with Crippen molar-refractivity contribution in [2.75, 3.05) is 6.61 Å². The van der Waals surface area contributed by atoms with Gasteiger partial charge in [0, 0.05) is 5.38 Å². The SMILES string of the molecule is CCOC(=O)c1csc(CSc2nnc(-c3ccco3)n2-c2ccccc2C)n1. The number of hydrogen-bond acceptors (Lipinski definition) is 8. The molecule has 9 heteroatoms. The molecule has 0 aliphatic rings. The van der Waals surface area contributed by atoms with Gasteiger partial charge in [0.1, 0.15) is 5.01 Å². The van der Waals surface area contributed by atoms with Gasteiger partial charge in [0.05, 0.1) is 24.3 Å². The number of hydrogen-bond donors (Lipinski definition) is 0. The van der Waals surface area contributed by atoms with E-state index in [1.165, 1.54) is 23.1 Å². The van der Waals surface area contributed by atoms with E-state index in [1.807, 2.05) is 47.9 Å². The van der Waals surface area contributed by atoms with Crippen LogP contribution in [-0.2, 0) is 10.5 Å². The molecule has 0 radical (unpaired) electrons. The smallest absolute Gasteiger partial charge is 0.357 e. The Morgan fingerprint density at radius 3 is 2.86 bits per heavy atom. The van der Waals surface area contributed by atoms with Gasteiger partial charge in [-0.15, -0.1) is 21.5 Å². The van der Waals surface area contributed by atoms with Crippen molar-refractivity contribution in [2.45, 2.75) is 24.8 Å². The van der Waals surface area contributed by atoms with Crippen molar-refractivity contribution >= 4 is 29.1 Å². The summed E-state index contributed by atoms with van der Waals surface area (Å²) < 4.78 is 12.5. The van der Waals surface area contributed by atoms with E-state index < -0.39 is 5.97 Å². The van der Waals surface area contributed by atoms with Crippen LogP contribution in [0.2, 0.25) is 0 Å². The molecule has 7 nitrogen and oxygen atoms in total. The number of para-hydroxylation sites is 1. The fourth-order valence-corrected chi connectivity index (χ4v) is 4.49. The molecule has 3 aromatic heterocycles. The third-order valence-electron chi connectivity index (χ3n) is 4.09. The molecular formula is C20H18N4O3S2. The molecule has 0 aliphatic heterocycles. The lowest BCUT2D eigenvalue weighted by Crippen LogP contribution is -2.05. The number of esters is 1. The summed E-state index contributed by atoms with van der Waals surface area (Å²) >= 11 is 2.93. The molecule has 148 valence electrons. The third-order valence-corrected chi connectivity index (χ3v) is 6.06. The largest absolute Gasteiger partial charge is 0.461 e. The lowest BCUT2D eigenvalue weighted by atomic mass is 10.2. The molecule has 4 aromatic rings. The highest BCUT2D eigenvalue weighted by atomic mass is 32.2. The van der Waals surface area contributed by atoms with Crippen LogP contribution in [0.3, 0.4) is 0 Å². The number of furan rings is 1. The minimum absolute atomic E-state index is 0.329. The third kappa shape index (κ3) is 4.10. The number of thioether (sulfide) groups is 1. The van der Waals surface area contributed by atoms with Crippen LogP contribution in [0.1, 0.15) is 28.0 Å². The number of nitrogens with zero attached hydrogens (tertiary/aromatic N) is 4. The first-order chi connectivity index (χ1) is 14.2. The molecule has 4 rings (SSSR count). The average molecular weight is 427 g/mol. The summed E-state index contributed by atoms with van der Waals surface area (Å²) in [5.41, 5.74) is 2.42. The van der Waals surface area contributed by atoms with E-state index in [0.717, 1.165) is 21.4 Å². The molecule has 0 amide bonds. The minimum Gasteiger partial charge on any atom is -0.461 e. The van der Waals surface area contributed by atoms with Gasteiger partial charge in [0.25, 0.3) is 0 Å². The fraction of sp³-hybridized carbons (Fsp3) is 0.200. The molecule has 0 bridgehead atoms. The van der Waals surface area contributed by atoms with E-state index in [4.69, 9.17) is 9.15 Å². The van der Waals surface area contributed by atoms with Crippen LogP contribution in [-0.4, -0.2) is 32.3 Å². The molecule has 1 aromatic carbocycles. The Kier molecular flexibility index (Phi) is 5.77. The van der Waals surface area contributed by atoms with Crippen LogP contribution in [0.4, 0.5) is 0 Å². The quantitative estimate of drug-likeness (QED) is 0.311. The molecule has 0 atom stereocenters. The van der Waals surface area contributed by atoms with Crippen LogP contribution in [0, 0.1) is 6.92 Å². The van der Waals surface area contributed by atoms with Gasteiger partial charge in [-0.25, -0.2) is 9.78 Å². The molecular weight excluding hydrogens is 408 g/mol. The maximum absolute atomic E-state index is 11.8. The summed E-state index contributed by atoms with van der Waals surface area (Å²) in [6, 6.07) is 11.7. The van der Waals surface area contributed by atoms with Gasteiger partial charge in [-0.3, -0.25) is 4.57 Å². The summed E-state index contributed by atoms with van der Waals surface area (Å²) in [6.45, 7) is 4.15. The van der Waals surface area contributed by atoms with Crippen LogP contribution in [0.15, 0.2) is 57.6 Å². The first kappa shape index (κ1) is 19.4. The van der Waals surface area contributed by atoms with Gasteiger partial charge in [-0.1, -0.05) is 30.0 Å². The first-order valence-electron chi connectivity index (χ1n) is 8.97. The Morgan fingerprint density at radius 2 is 2.10 bits per heavy atom. The Labute approximate surface area is 175 Å². The first-order valence-corrected chi connectivity index (χ1v) is 10.8. The molecule has 3 heterocycles. The van der Waals surface area contributed by atoms with Crippen LogP contribution in [0.25, 0.3) is 17.3 Å². The molecule has 29 heavy (non-hydrogen) atoms. The van der Waals surface area contributed by atoms with E-state index in [0.29, 0.717) is 29.6 Å². The van der Waals surface area contributed by atoms with Crippen molar-refractivity contribution in [1.82, 2.24) is 19.7 Å². The summed E-state index contributed by atoms with van der Waals surface area (Å²) in [5.74, 6) is 1.44. The van der Waals surface area contributed by atoms with Crippen molar-refractivity contribution in [1.29, 1.82) is 0 Å². The van der Waals surface area contributed by atoms with Crippen molar-refractivity contribution in [3.8, 4) is 17.3 Å². The van der Waals surface area contributed by atoms with Gasteiger partial charge < -0.3 is 9.15 Å². The minimum atomic E-state index is -0.400. The van der Waals surface area contributed by atoms with Gasteiger partial charge in [-0.05, 0) is 37.6 Å². The van der Waals surface area contributed by atoms with Crippen LogP contribution in [0.5, 0.6) is 0 Å². The predicted octanol–water partition coefficient (Wildman–Crippen LogP) is 4.76. The second-order valence-corrected chi connectivity index (χ2v) is 7.93. The molecule has 0 fully saturated rings. The molecule has 0 unspecified atom stereocenters. The highest BCUT2D eigenvalue weighted by Gasteiger charge is 2.20. The van der Waals surface area contributed by atoms with Gasteiger partial charge >= 0.3 is 5.97 Å². The van der Waals surface area contributed by atoms with Crippen molar-refractivity contribution in [3.05, 3.63) is 64.3 Å². The molecule has 0 N–H and O–H groups in total. The maximum atomic E-state index is 11.8. The second-order valence-electron chi connectivity index (χ2n) is 6.04. The van der Waals surface area contributed by atoms with Crippen molar-refractivity contribution in [3.63, 3.8) is 0 Å². The zero-order valence-electron chi connectivity index (χ0n) is 15.9. The zero-order chi connectivity index (χ0) is 20.2. The van der Waals surface area contributed by atoms with Crippen molar-refractivity contribution in [2.24, 2.45) is 0 Å². The number of aromatic nitrogens is 4. The summed E-state index contributed by atoms with van der Waals surface area (Å²) in [4.78, 5) is 16.2. The molecule has 0 spiro atoms. The van der Waals surface area contributed by atoms with Gasteiger partial charge in [0.2, 0.25) is 5.82 Å². The van der Waals surface area contributed by atoms with E-state index in [1.54, 1.807) is 18.6 Å². The van der Waals surface area contributed by atoms with E-state index in [-0.39, 0.29) is 0 Å². The van der Waals surface area contributed by atoms with Gasteiger partial charge in [0.15, 0.2) is 16.6 Å². The van der Waals surface area contributed by atoms with Gasteiger partial charge in [-0.2, -0.15) is 0 Å².